The summed E-state index contributed by atoms with van der Waals surface area (Å²) in [5.74, 6) is 0.793. The van der Waals surface area contributed by atoms with Crippen molar-refractivity contribution in [2.24, 2.45) is 7.05 Å². The summed E-state index contributed by atoms with van der Waals surface area (Å²) in [5.41, 5.74) is 3.71. The second kappa shape index (κ2) is 6.52. The summed E-state index contributed by atoms with van der Waals surface area (Å²) >= 11 is 0. The van der Waals surface area contributed by atoms with E-state index in [1.807, 2.05) is 54.1 Å². The van der Waals surface area contributed by atoms with Crippen molar-refractivity contribution in [3.05, 3.63) is 54.4 Å². The number of benzene rings is 2. The van der Waals surface area contributed by atoms with E-state index in [1.54, 1.807) is 13.4 Å². The molecule has 118 valence electrons. The minimum atomic E-state index is -0.0220. The van der Waals surface area contributed by atoms with Gasteiger partial charge in [-0.25, -0.2) is 4.98 Å². The molecule has 0 aliphatic carbocycles. The number of para-hydroxylation sites is 1. The molecule has 3 rings (SSSR count). The predicted molar refractivity (Wildman–Crippen MR) is 90.7 cm³/mol. The number of amides is 1. The number of hydrogen-bond donors (Lipinski definition) is 1. The molecule has 0 unspecified atom stereocenters. The van der Waals surface area contributed by atoms with Crippen molar-refractivity contribution in [1.29, 1.82) is 0 Å². The van der Waals surface area contributed by atoms with Crippen molar-refractivity contribution in [2.75, 3.05) is 12.4 Å². The molecule has 23 heavy (non-hydrogen) atoms. The number of carbonyl (C=O) groups excluding carboxylic acids is 1. The van der Waals surface area contributed by atoms with Crippen LogP contribution in [0.1, 0.15) is 12.0 Å². The standard InChI is InChI=1S/C18H19N3O2/c1-21-12-19-15-11-14(8-9-16(15)21)20-18(22)10-7-13-5-3-4-6-17(13)23-2/h3-6,8-9,11-12H,7,10H2,1-2H3,(H,20,22). The topological polar surface area (TPSA) is 56.1 Å². The molecule has 0 saturated carbocycles. The number of hydrogen-bond acceptors (Lipinski definition) is 3. The van der Waals surface area contributed by atoms with Crippen LogP contribution in [0.5, 0.6) is 5.75 Å². The van der Waals surface area contributed by atoms with Gasteiger partial charge in [-0.1, -0.05) is 18.2 Å². The van der Waals surface area contributed by atoms with Gasteiger partial charge in [0.2, 0.25) is 5.91 Å². The Hall–Kier alpha value is -2.82. The molecule has 1 heterocycles. The lowest BCUT2D eigenvalue weighted by molar-refractivity contribution is -0.116. The van der Waals surface area contributed by atoms with E-state index in [0.29, 0.717) is 12.8 Å². The highest BCUT2D eigenvalue weighted by Crippen LogP contribution is 2.20. The molecule has 3 aromatic rings. The van der Waals surface area contributed by atoms with Crippen LogP contribution in [0, 0.1) is 0 Å². The van der Waals surface area contributed by atoms with Crippen LogP contribution in [0.4, 0.5) is 5.69 Å². The maximum Gasteiger partial charge on any atom is 0.224 e. The molecule has 0 saturated heterocycles. The molecule has 0 fully saturated rings. The van der Waals surface area contributed by atoms with Gasteiger partial charge >= 0.3 is 0 Å². The van der Waals surface area contributed by atoms with Gasteiger partial charge in [-0.2, -0.15) is 0 Å². The molecule has 1 amide bonds. The smallest absolute Gasteiger partial charge is 0.224 e. The molecular formula is C18H19N3O2. The number of imidazole rings is 1. The fraction of sp³-hybridized carbons (Fsp3) is 0.222. The lowest BCUT2D eigenvalue weighted by Gasteiger charge is -2.08. The summed E-state index contributed by atoms with van der Waals surface area (Å²) in [5, 5.41) is 2.92. The van der Waals surface area contributed by atoms with Crippen molar-refractivity contribution in [1.82, 2.24) is 9.55 Å². The Bertz CT molecular complexity index is 839. The Morgan fingerprint density at radius 2 is 2.09 bits per heavy atom. The van der Waals surface area contributed by atoms with Crippen molar-refractivity contribution in [2.45, 2.75) is 12.8 Å². The normalized spacial score (nSPS) is 10.7. The number of aryl methyl sites for hydroxylation is 2. The monoisotopic (exact) mass is 309 g/mol. The molecule has 1 N–H and O–H groups in total. The zero-order valence-electron chi connectivity index (χ0n) is 13.2. The van der Waals surface area contributed by atoms with E-state index in [4.69, 9.17) is 4.74 Å². The van der Waals surface area contributed by atoms with Crippen molar-refractivity contribution < 1.29 is 9.53 Å². The van der Waals surface area contributed by atoms with Crippen LogP contribution in [-0.2, 0) is 18.3 Å². The maximum absolute atomic E-state index is 12.1. The first-order chi connectivity index (χ1) is 11.2. The third kappa shape index (κ3) is 3.34. The summed E-state index contributed by atoms with van der Waals surface area (Å²) in [7, 11) is 3.59. The molecule has 0 aliphatic rings. The highest BCUT2D eigenvalue weighted by molar-refractivity contribution is 5.93. The zero-order valence-corrected chi connectivity index (χ0v) is 13.2. The maximum atomic E-state index is 12.1. The minimum Gasteiger partial charge on any atom is -0.496 e. The largest absolute Gasteiger partial charge is 0.496 e. The molecule has 5 heteroatoms. The summed E-state index contributed by atoms with van der Waals surface area (Å²) in [4.78, 5) is 16.4. The van der Waals surface area contributed by atoms with E-state index in [1.165, 1.54) is 0 Å². The molecule has 0 aliphatic heterocycles. The summed E-state index contributed by atoms with van der Waals surface area (Å²) in [6.45, 7) is 0. The quantitative estimate of drug-likeness (QED) is 0.787. The third-order valence-corrected chi connectivity index (χ3v) is 3.82. The van der Waals surface area contributed by atoms with Gasteiger partial charge in [0, 0.05) is 19.2 Å². The average Bonchev–Trinajstić information content (AvgIpc) is 2.94. The molecule has 0 spiro atoms. The van der Waals surface area contributed by atoms with Crippen molar-refractivity contribution >= 4 is 22.6 Å². The Morgan fingerprint density at radius 1 is 1.26 bits per heavy atom. The molecule has 0 atom stereocenters. The van der Waals surface area contributed by atoms with E-state index in [9.17, 15) is 4.79 Å². The van der Waals surface area contributed by atoms with E-state index in [0.717, 1.165) is 28.0 Å². The molecule has 0 radical (unpaired) electrons. The van der Waals surface area contributed by atoms with Crippen LogP contribution < -0.4 is 10.1 Å². The third-order valence-electron chi connectivity index (χ3n) is 3.82. The first-order valence-electron chi connectivity index (χ1n) is 7.50. The second-order valence-corrected chi connectivity index (χ2v) is 5.42. The summed E-state index contributed by atoms with van der Waals surface area (Å²) in [6.07, 6.45) is 2.81. The van der Waals surface area contributed by atoms with E-state index in [2.05, 4.69) is 10.3 Å². The van der Waals surface area contributed by atoms with Crippen LogP contribution in [0.15, 0.2) is 48.8 Å². The van der Waals surface area contributed by atoms with Crippen LogP contribution >= 0.6 is 0 Å². The predicted octanol–water partition coefficient (Wildman–Crippen LogP) is 3.15. The molecular weight excluding hydrogens is 290 g/mol. The average molecular weight is 309 g/mol. The number of nitrogens with one attached hydrogen (secondary N) is 1. The number of nitrogens with zero attached hydrogens (tertiary/aromatic N) is 2. The van der Waals surface area contributed by atoms with Gasteiger partial charge in [0.25, 0.3) is 0 Å². The number of methoxy groups -OCH3 is 1. The van der Waals surface area contributed by atoms with Gasteiger partial charge < -0.3 is 14.6 Å². The van der Waals surface area contributed by atoms with Crippen molar-refractivity contribution in [3.63, 3.8) is 0 Å². The lowest BCUT2D eigenvalue weighted by Crippen LogP contribution is -2.12. The van der Waals surface area contributed by atoms with Crippen LogP contribution in [0.2, 0.25) is 0 Å². The van der Waals surface area contributed by atoms with Crippen LogP contribution in [-0.4, -0.2) is 22.6 Å². The number of fused-ring (bicyclic) bond motifs is 1. The minimum absolute atomic E-state index is 0.0220. The van der Waals surface area contributed by atoms with Gasteiger partial charge in [0.05, 0.1) is 24.5 Å². The van der Waals surface area contributed by atoms with E-state index >= 15 is 0 Å². The van der Waals surface area contributed by atoms with Crippen molar-refractivity contribution in [3.8, 4) is 5.75 Å². The van der Waals surface area contributed by atoms with Crippen LogP contribution in [0.25, 0.3) is 11.0 Å². The summed E-state index contributed by atoms with van der Waals surface area (Å²) < 4.78 is 7.25. The van der Waals surface area contributed by atoms with Gasteiger partial charge in [-0.3, -0.25) is 4.79 Å². The highest BCUT2D eigenvalue weighted by Gasteiger charge is 2.08. The molecule has 1 aromatic heterocycles. The van der Waals surface area contributed by atoms with Gasteiger partial charge in [-0.05, 0) is 36.2 Å². The number of anilines is 1. The zero-order chi connectivity index (χ0) is 16.2. The van der Waals surface area contributed by atoms with Crippen LogP contribution in [0.3, 0.4) is 0 Å². The Labute approximate surface area is 134 Å². The first kappa shape index (κ1) is 15.1. The Morgan fingerprint density at radius 3 is 2.91 bits per heavy atom. The Kier molecular flexibility index (Phi) is 4.28. The molecule has 2 aromatic carbocycles. The number of aromatic nitrogens is 2. The van der Waals surface area contributed by atoms with E-state index in [-0.39, 0.29) is 5.91 Å². The lowest BCUT2D eigenvalue weighted by atomic mass is 10.1. The first-order valence-corrected chi connectivity index (χ1v) is 7.50. The summed E-state index contributed by atoms with van der Waals surface area (Å²) in [6, 6.07) is 13.5. The number of carbonyl (C=O) groups is 1. The number of rotatable bonds is 5. The van der Waals surface area contributed by atoms with Gasteiger partial charge in [0.1, 0.15) is 5.75 Å². The number of ether oxygens (including phenoxy) is 1. The Balaban J connectivity index is 1.64. The molecule has 0 bridgehead atoms. The van der Waals surface area contributed by atoms with E-state index < -0.39 is 0 Å². The fourth-order valence-electron chi connectivity index (χ4n) is 2.60. The SMILES string of the molecule is COc1ccccc1CCC(=O)Nc1ccc2c(c1)ncn2C. The second-order valence-electron chi connectivity index (χ2n) is 5.42. The molecule has 5 nitrogen and oxygen atoms in total. The van der Waals surface area contributed by atoms with Gasteiger partial charge in [-0.15, -0.1) is 0 Å². The van der Waals surface area contributed by atoms with Gasteiger partial charge in [0.15, 0.2) is 0 Å². The highest BCUT2D eigenvalue weighted by atomic mass is 16.5. The fourth-order valence-corrected chi connectivity index (χ4v) is 2.60.